The zero-order chi connectivity index (χ0) is 13.2. The average molecular weight is 250 g/mol. The van der Waals surface area contributed by atoms with Gasteiger partial charge in [0.1, 0.15) is 5.82 Å². The van der Waals surface area contributed by atoms with Crippen LogP contribution >= 0.6 is 0 Å². The molecule has 4 nitrogen and oxygen atoms in total. The first-order chi connectivity index (χ1) is 9.25. The number of benzene rings is 1. The fraction of sp³-hybridized carbons (Fsp3) is 0.0667. The Morgan fingerprint density at radius 1 is 0.947 bits per heavy atom. The topological polar surface area (TPSA) is 77.8 Å². The zero-order valence-electron chi connectivity index (χ0n) is 10.3. The van der Waals surface area contributed by atoms with Gasteiger partial charge in [-0.25, -0.2) is 4.98 Å². The standard InChI is InChI=1S/C15H14N4/c16-14(12-4-2-8-19-15(12)17)11-5-6-13-10(9-11)3-1-7-18-13/h1-9,14H,16H2,(H2,17,19). The monoisotopic (exact) mass is 250 g/mol. The second kappa shape index (κ2) is 4.66. The number of nitrogens with two attached hydrogens (primary N) is 2. The van der Waals surface area contributed by atoms with E-state index in [0.29, 0.717) is 5.82 Å². The molecule has 3 aromatic rings. The highest BCUT2D eigenvalue weighted by molar-refractivity contribution is 5.79. The summed E-state index contributed by atoms with van der Waals surface area (Å²) < 4.78 is 0. The fourth-order valence-electron chi connectivity index (χ4n) is 2.16. The molecule has 0 aliphatic rings. The third-order valence-corrected chi connectivity index (χ3v) is 3.19. The molecule has 19 heavy (non-hydrogen) atoms. The summed E-state index contributed by atoms with van der Waals surface area (Å²) in [5.74, 6) is 0.473. The smallest absolute Gasteiger partial charge is 0.128 e. The van der Waals surface area contributed by atoms with Gasteiger partial charge >= 0.3 is 0 Å². The third-order valence-electron chi connectivity index (χ3n) is 3.19. The van der Waals surface area contributed by atoms with Gasteiger partial charge in [0.2, 0.25) is 0 Å². The zero-order valence-corrected chi connectivity index (χ0v) is 10.3. The molecule has 2 heterocycles. The molecule has 0 spiro atoms. The van der Waals surface area contributed by atoms with Crippen molar-refractivity contribution in [2.75, 3.05) is 5.73 Å². The first kappa shape index (κ1) is 11.6. The summed E-state index contributed by atoms with van der Waals surface area (Å²) in [4.78, 5) is 8.37. The van der Waals surface area contributed by atoms with Gasteiger partial charge in [0.25, 0.3) is 0 Å². The maximum atomic E-state index is 6.27. The Balaban J connectivity index is 2.07. The predicted octanol–water partition coefficient (Wildman–Crippen LogP) is 2.26. The van der Waals surface area contributed by atoms with Crippen molar-refractivity contribution in [1.29, 1.82) is 0 Å². The lowest BCUT2D eigenvalue weighted by Crippen LogP contribution is -2.14. The molecule has 4 N–H and O–H groups in total. The van der Waals surface area contributed by atoms with Gasteiger partial charge in [0, 0.05) is 23.3 Å². The molecule has 0 saturated carbocycles. The molecule has 2 aromatic heterocycles. The van der Waals surface area contributed by atoms with Crippen LogP contribution in [-0.4, -0.2) is 9.97 Å². The van der Waals surface area contributed by atoms with Crippen LogP contribution in [0, 0.1) is 0 Å². The Labute approximate surface area is 111 Å². The van der Waals surface area contributed by atoms with Crippen molar-refractivity contribution in [1.82, 2.24) is 9.97 Å². The number of aromatic nitrogens is 2. The van der Waals surface area contributed by atoms with Crippen LogP contribution in [0.5, 0.6) is 0 Å². The Morgan fingerprint density at radius 2 is 1.74 bits per heavy atom. The van der Waals surface area contributed by atoms with Crippen molar-refractivity contribution in [3.8, 4) is 0 Å². The second-order valence-corrected chi connectivity index (χ2v) is 4.41. The van der Waals surface area contributed by atoms with E-state index in [4.69, 9.17) is 11.5 Å². The van der Waals surface area contributed by atoms with E-state index >= 15 is 0 Å². The molecule has 1 unspecified atom stereocenters. The molecular formula is C15H14N4. The normalized spacial score (nSPS) is 12.5. The van der Waals surface area contributed by atoms with E-state index in [2.05, 4.69) is 9.97 Å². The number of anilines is 1. The van der Waals surface area contributed by atoms with Gasteiger partial charge in [0.15, 0.2) is 0 Å². The summed E-state index contributed by atoms with van der Waals surface area (Å²) >= 11 is 0. The summed E-state index contributed by atoms with van der Waals surface area (Å²) in [5, 5.41) is 1.07. The van der Waals surface area contributed by atoms with E-state index in [1.54, 1.807) is 12.4 Å². The third kappa shape index (κ3) is 2.13. The van der Waals surface area contributed by atoms with Gasteiger partial charge < -0.3 is 11.5 Å². The molecule has 1 atom stereocenters. The van der Waals surface area contributed by atoms with Crippen LogP contribution in [0.3, 0.4) is 0 Å². The van der Waals surface area contributed by atoms with Crippen LogP contribution < -0.4 is 11.5 Å². The summed E-state index contributed by atoms with van der Waals surface area (Å²) in [7, 11) is 0. The van der Waals surface area contributed by atoms with E-state index in [9.17, 15) is 0 Å². The quantitative estimate of drug-likeness (QED) is 0.731. The van der Waals surface area contributed by atoms with Crippen molar-refractivity contribution >= 4 is 16.7 Å². The fourth-order valence-corrected chi connectivity index (χ4v) is 2.16. The van der Waals surface area contributed by atoms with E-state index < -0.39 is 0 Å². The van der Waals surface area contributed by atoms with Gasteiger partial charge in [-0.05, 0) is 29.8 Å². The molecule has 0 fully saturated rings. The first-order valence-corrected chi connectivity index (χ1v) is 6.06. The lowest BCUT2D eigenvalue weighted by Gasteiger charge is -2.14. The first-order valence-electron chi connectivity index (χ1n) is 6.06. The number of fused-ring (bicyclic) bond motifs is 1. The highest BCUT2D eigenvalue weighted by Crippen LogP contribution is 2.25. The average Bonchev–Trinajstić information content (AvgIpc) is 2.46. The van der Waals surface area contributed by atoms with E-state index in [0.717, 1.165) is 22.0 Å². The van der Waals surface area contributed by atoms with Crippen molar-refractivity contribution < 1.29 is 0 Å². The molecule has 0 amide bonds. The Kier molecular flexibility index (Phi) is 2.85. The van der Waals surface area contributed by atoms with E-state index in [1.165, 1.54) is 0 Å². The maximum Gasteiger partial charge on any atom is 0.128 e. The Morgan fingerprint density at radius 3 is 2.58 bits per heavy atom. The number of pyridine rings is 2. The molecule has 94 valence electrons. The van der Waals surface area contributed by atoms with Crippen molar-refractivity contribution in [3.05, 3.63) is 66.0 Å². The van der Waals surface area contributed by atoms with E-state index in [1.807, 2.05) is 42.5 Å². The number of nitrogen functional groups attached to an aromatic ring is 1. The number of nitrogens with zero attached hydrogens (tertiary/aromatic N) is 2. The predicted molar refractivity (Wildman–Crippen MR) is 76.4 cm³/mol. The minimum Gasteiger partial charge on any atom is -0.383 e. The highest BCUT2D eigenvalue weighted by atomic mass is 14.8. The minimum absolute atomic E-state index is 0.279. The van der Waals surface area contributed by atoms with Crippen molar-refractivity contribution in [2.45, 2.75) is 6.04 Å². The minimum atomic E-state index is -0.279. The molecule has 0 saturated heterocycles. The maximum absolute atomic E-state index is 6.27. The molecule has 3 rings (SSSR count). The van der Waals surface area contributed by atoms with Gasteiger partial charge in [0.05, 0.1) is 11.6 Å². The van der Waals surface area contributed by atoms with Crippen LogP contribution in [0.2, 0.25) is 0 Å². The molecule has 0 radical (unpaired) electrons. The SMILES string of the molecule is Nc1ncccc1C(N)c1ccc2ncccc2c1. The lowest BCUT2D eigenvalue weighted by molar-refractivity contribution is 0.869. The number of hydrogen-bond donors (Lipinski definition) is 2. The largest absolute Gasteiger partial charge is 0.383 e. The number of hydrogen-bond acceptors (Lipinski definition) is 4. The molecular weight excluding hydrogens is 236 g/mol. The summed E-state index contributed by atoms with van der Waals surface area (Å²) in [6.45, 7) is 0. The summed E-state index contributed by atoms with van der Waals surface area (Å²) in [6.07, 6.45) is 3.44. The van der Waals surface area contributed by atoms with Gasteiger partial charge in [-0.3, -0.25) is 4.98 Å². The molecule has 4 heteroatoms. The van der Waals surface area contributed by atoms with Gasteiger partial charge in [-0.2, -0.15) is 0 Å². The van der Waals surface area contributed by atoms with Gasteiger partial charge in [-0.15, -0.1) is 0 Å². The lowest BCUT2D eigenvalue weighted by atomic mass is 9.98. The second-order valence-electron chi connectivity index (χ2n) is 4.41. The number of rotatable bonds is 2. The van der Waals surface area contributed by atoms with Crippen molar-refractivity contribution in [2.24, 2.45) is 5.73 Å². The van der Waals surface area contributed by atoms with Crippen LogP contribution in [0.15, 0.2) is 54.9 Å². The van der Waals surface area contributed by atoms with Crippen molar-refractivity contribution in [3.63, 3.8) is 0 Å². The van der Waals surface area contributed by atoms with Gasteiger partial charge in [-0.1, -0.05) is 18.2 Å². The molecule has 0 aliphatic carbocycles. The van der Waals surface area contributed by atoms with Crippen LogP contribution in [0.1, 0.15) is 17.2 Å². The van der Waals surface area contributed by atoms with Crippen LogP contribution in [-0.2, 0) is 0 Å². The molecule has 0 aliphatic heterocycles. The molecule has 0 bridgehead atoms. The molecule has 1 aromatic carbocycles. The Hall–Kier alpha value is -2.46. The highest BCUT2D eigenvalue weighted by Gasteiger charge is 2.12. The van der Waals surface area contributed by atoms with Crippen LogP contribution in [0.25, 0.3) is 10.9 Å². The summed E-state index contributed by atoms with van der Waals surface area (Å²) in [5.41, 5.74) is 14.9. The van der Waals surface area contributed by atoms with Crippen LogP contribution in [0.4, 0.5) is 5.82 Å². The van der Waals surface area contributed by atoms with E-state index in [-0.39, 0.29) is 6.04 Å². The Bertz CT molecular complexity index is 724. The summed E-state index contributed by atoms with van der Waals surface area (Å²) in [6, 6.07) is 13.4.